The first-order valence-corrected chi connectivity index (χ1v) is 5.37. The molecule has 6 heteroatoms. The molecule has 0 aliphatic rings. The largest absolute Gasteiger partial charge is 0.417 e. The third-order valence-electron chi connectivity index (χ3n) is 2.51. The summed E-state index contributed by atoms with van der Waals surface area (Å²) in [5.74, 6) is -0.739. The molecular weight excluding hydrogens is 257 g/mol. The summed E-state index contributed by atoms with van der Waals surface area (Å²) in [4.78, 5) is 19.5. The summed E-state index contributed by atoms with van der Waals surface area (Å²) in [7, 11) is 0. The molecule has 0 radical (unpaired) electrons. The first-order valence-electron chi connectivity index (χ1n) is 5.37. The van der Waals surface area contributed by atoms with E-state index in [4.69, 9.17) is 0 Å². The molecule has 0 saturated heterocycles. The van der Waals surface area contributed by atoms with Crippen LogP contribution >= 0.6 is 0 Å². The molecule has 0 unspecified atom stereocenters. The maximum absolute atomic E-state index is 12.8. The third-order valence-corrected chi connectivity index (χ3v) is 2.51. The number of aryl methyl sites for hydroxylation is 1. The topological polar surface area (TPSA) is 42.9 Å². The molecule has 0 atom stereocenters. The molecule has 2 heterocycles. The molecule has 98 valence electrons. The van der Waals surface area contributed by atoms with Gasteiger partial charge < -0.3 is 0 Å². The van der Waals surface area contributed by atoms with Crippen molar-refractivity contribution in [1.29, 1.82) is 0 Å². The van der Waals surface area contributed by atoms with Gasteiger partial charge in [-0.2, -0.15) is 13.2 Å². The molecule has 0 N–H and O–H groups in total. The van der Waals surface area contributed by atoms with Crippen molar-refractivity contribution in [2.45, 2.75) is 13.1 Å². The summed E-state index contributed by atoms with van der Waals surface area (Å²) < 4.78 is 38.4. The van der Waals surface area contributed by atoms with Crippen LogP contribution in [0.3, 0.4) is 0 Å². The minimum Gasteiger partial charge on any atom is -0.288 e. The summed E-state index contributed by atoms with van der Waals surface area (Å²) in [6.07, 6.45) is 0.0972. The van der Waals surface area contributed by atoms with Crippen LogP contribution in [0, 0.1) is 6.92 Å². The minimum absolute atomic E-state index is 0.110. The van der Waals surface area contributed by atoms with Crippen LogP contribution in [0.1, 0.15) is 27.0 Å². The Morgan fingerprint density at radius 2 is 1.89 bits per heavy atom. The average Bonchev–Trinajstić information content (AvgIpc) is 2.37. The van der Waals surface area contributed by atoms with Gasteiger partial charge in [0.2, 0.25) is 0 Å². The number of hydrogen-bond acceptors (Lipinski definition) is 3. The summed E-state index contributed by atoms with van der Waals surface area (Å²) in [6, 6.07) is 2.28. The number of carbonyl (C=O) groups excluding carboxylic acids is 1. The highest BCUT2D eigenvalue weighted by Gasteiger charge is 2.35. The fourth-order valence-electron chi connectivity index (χ4n) is 1.66. The summed E-state index contributed by atoms with van der Waals surface area (Å²) in [5, 5.41) is 0. The van der Waals surface area contributed by atoms with E-state index in [1.54, 1.807) is 6.92 Å². The van der Waals surface area contributed by atoms with E-state index >= 15 is 0 Å². The number of aromatic nitrogens is 2. The fraction of sp³-hybridized carbons (Fsp3) is 0.154. The van der Waals surface area contributed by atoms with Gasteiger partial charge in [0.25, 0.3) is 0 Å². The maximum atomic E-state index is 12.8. The Hall–Kier alpha value is -2.24. The lowest BCUT2D eigenvalue weighted by Crippen LogP contribution is -2.14. The monoisotopic (exact) mass is 266 g/mol. The van der Waals surface area contributed by atoms with Crippen molar-refractivity contribution in [3.05, 3.63) is 59.2 Å². The second-order valence-electron chi connectivity index (χ2n) is 4.00. The Labute approximate surface area is 107 Å². The van der Waals surface area contributed by atoms with Crippen molar-refractivity contribution in [1.82, 2.24) is 9.97 Å². The molecule has 3 nitrogen and oxygen atoms in total. The standard InChI is InChI=1S/C13H9F3N2O/c1-8-4-9(6-18-5-8)12(19)10-7-17-3-2-11(10)13(14,15)16/h2-7H,1H3. The maximum Gasteiger partial charge on any atom is 0.417 e. The first-order chi connectivity index (χ1) is 8.89. The molecule has 0 amide bonds. The molecular formula is C13H9F3N2O. The first kappa shape index (κ1) is 13.2. The zero-order chi connectivity index (χ0) is 14.0. The van der Waals surface area contributed by atoms with E-state index in [1.165, 1.54) is 18.5 Å². The van der Waals surface area contributed by atoms with Gasteiger partial charge in [0.05, 0.1) is 11.1 Å². The number of ketones is 1. The van der Waals surface area contributed by atoms with E-state index in [2.05, 4.69) is 9.97 Å². The van der Waals surface area contributed by atoms with Gasteiger partial charge in [-0.1, -0.05) is 0 Å². The zero-order valence-corrected chi connectivity index (χ0v) is 9.90. The Morgan fingerprint density at radius 1 is 1.16 bits per heavy atom. The van der Waals surface area contributed by atoms with E-state index in [-0.39, 0.29) is 5.56 Å². The van der Waals surface area contributed by atoms with Gasteiger partial charge >= 0.3 is 6.18 Å². The average molecular weight is 266 g/mol. The van der Waals surface area contributed by atoms with Gasteiger partial charge in [0.1, 0.15) is 0 Å². The highest BCUT2D eigenvalue weighted by Crippen LogP contribution is 2.32. The second-order valence-corrected chi connectivity index (χ2v) is 4.00. The van der Waals surface area contributed by atoms with Crippen LogP contribution in [-0.2, 0) is 6.18 Å². The molecule has 0 saturated carbocycles. The van der Waals surface area contributed by atoms with Gasteiger partial charge in [0.15, 0.2) is 5.78 Å². The SMILES string of the molecule is Cc1cncc(C(=O)c2cnccc2C(F)(F)F)c1. The van der Waals surface area contributed by atoms with Crippen molar-refractivity contribution >= 4 is 5.78 Å². The Bertz CT molecular complexity index is 623. The minimum atomic E-state index is -4.59. The number of rotatable bonds is 2. The van der Waals surface area contributed by atoms with Gasteiger partial charge in [-0.3, -0.25) is 14.8 Å². The van der Waals surface area contributed by atoms with Crippen LogP contribution in [-0.4, -0.2) is 15.8 Å². The molecule has 2 rings (SSSR count). The highest BCUT2D eigenvalue weighted by atomic mass is 19.4. The smallest absolute Gasteiger partial charge is 0.288 e. The number of halogens is 3. The molecule has 0 fully saturated rings. The predicted molar refractivity (Wildman–Crippen MR) is 61.6 cm³/mol. The fourth-order valence-corrected chi connectivity index (χ4v) is 1.66. The van der Waals surface area contributed by atoms with Crippen LogP contribution in [0.2, 0.25) is 0 Å². The van der Waals surface area contributed by atoms with Gasteiger partial charge in [-0.25, -0.2) is 0 Å². The Balaban J connectivity index is 2.51. The molecule has 0 aliphatic heterocycles. The van der Waals surface area contributed by atoms with E-state index < -0.39 is 23.1 Å². The molecule has 0 aromatic carbocycles. The van der Waals surface area contributed by atoms with E-state index in [0.29, 0.717) is 5.56 Å². The lowest BCUT2D eigenvalue weighted by Gasteiger charge is -2.11. The normalized spacial score (nSPS) is 11.4. The number of nitrogens with zero attached hydrogens (tertiary/aromatic N) is 2. The predicted octanol–water partition coefficient (Wildman–Crippen LogP) is 3.03. The Morgan fingerprint density at radius 3 is 2.53 bits per heavy atom. The van der Waals surface area contributed by atoms with Gasteiger partial charge in [-0.05, 0) is 24.6 Å². The molecule has 19 heavy (non-hydrogen) atoms. The zero-order valence-electron chi connectivity index (χ0n) is 9.90. The lowest BCUT2D eigenvalue weighted by molar-refractivity contribution is -0.137. The van der Waals surface area contributed by atoms with Crippen molar-refractivity contribution in [2.75, 3.05) is 0 Å². The van der Waals surface area contributed by atoms with Crippen molar-refractivity contribution < 1.29 is 18.0 Å². The number of alkyl halides is 3. The summed E-state index contributed by atoms with van der Waals surface area (Å²) in [6.45, 7) is 1.71. The van der Waals surface area contributed by atoms with E-state index in [9.17, 15) is 18.0 Å². The molecule has 0 aliphatic carbocycles. The summed E-state index contributed by atoms with van der Waals surface area (Å²) >= 11 is 0. The Kier molecular flexibility index (Phi) is 3.33. The number of carbonyl (C=O) groups is 1. The second kappa shape index (κ2) is 4.79. The van der Waals surface area contributed by atoms with Crippen LogP contribution in [0.5, 0.6) is 0 Å². The quantitative estimate of drug-likeness (QED) is 0.785. The van der Waals surface area contributed by atoms with Gasteiger partial charge in [-0.15, -0.1) is 0 Å². The molecule has 0 spiro atoms. The van der Waals surface area contributed by atoms with E-state index in [0.717, 1.165) is 18.5 Å². The van der Waals surface area contributed by atoms with Crippen LogP contribution in [0.25, 0.3) is 0 Å². The van der Waals surface area contributed by atoms with Crippen molar-refractivity contribution in [3.63, 3.8) is 0 Å². The summed E-state index contributed by atoms with van der Waals surface area (Å²) in [5.41, 5.74) is -0.654. The lowest BCUT2D eigenvalue weighted by atomic mass is 10.0. The van der Waals surface area contributed by atoms with Gasteiger partial charge in [0, 0.05) is 30.4 Å². The van der Waals surface area contributed by atoms with Crippen LogP contribution in [0.4, 0.5) is 13.2 Å². The number of pyridine rings is 2. The molecule has 0 bridgehead atoms. The van der Waals surface area contributed by atoms with Crippen LogP contribution in [0.15, 0.2) is 36.9 Å². The molecule has 2 aromatic heterocycles. The third kappa shape index (κ3) is 2.78. The van der Waals surface area contributed by atoms with E-state index in [1.807, 2.05) is 0 Å². The van der Waals surface area contributed by atoms with Crippen molar-refractivity contribution in [3.8, 4) is 0 Å². The number of hydrogen-bond donors (Lipinski definition) is 0. The highest BCUT2D eigenvalue weighted by molar-refractivity contribution is 6.09. The molecule has 2 aromatic rings. The van der Waals surface area contributed by atoms with Crippen molar-refractivity contribution in [2.24, 2.45) is 0 Å². The van der Waals surface area contributed by atoms with Crippen LogP contribution < -0.4 is 0 Å².